The molecule has 2 heterocycles. The number of benzene rings is 1. The minimum atomic E-state index is 0.133. The number of oxazole rings is 1. The smallest absolute Gasteiger partial charge is 0.353 e. The van der Waals surface area contributed by atoms with Crippen LogP contribution in [0.5, 0.6) is 0 Å². The molecule has 1 aliphatic rings. The molecule has 5 nitrogen and oxygen atoms in total. The monoisotopic (exact) mass is 366 g/mol. The highest BCUT2D eigenvalue weighted by atomic mass is 16.3. The van der Waals surface area contributed by atoms with E-state index >= 15 is 0 Å². The summed E-state index contributed by atoms with van der Waals surface area (Å²) in [4.78, 5) is 13.6. The number of carbonyl (C=O) groups is 1. The lowest BCUT2D eigenvalue weighted by Crippen LogP contribution is -2.51. The summed E-state index contributed by atoms with van der Waals surface area (Å²) in [7, 11) is 2.07. The number of carbonyl (C=O) groups excluding carboxylic acids is 1. The van der Waals surface area contributed by atoms with Gasteiger partial charge in [0.2, 0.25) is 5.71 Å². The van der Waals surface area contributed by atoms with E-state index in [0.29, 0.717) is 21.8 Å². The number of aryl methyl sites for hydroxylation is 3. The topological polar surface area (TPSA) is 47.5 Å². The lowest BCUT2D eigenvalue weighted by atomic mass is 10.0. The molecule has 1 fully saturated rings. The van der Waals surface area contributed by atoms with Crippen molar-refractivity contribution >= 4 is 11.6 Å². The fourth-order valence-electron chi connectivity index (χ4n) is 4.28. The second-order valence-electron chi connectivity index (χ2n) is 8.14. The van der Waals surface area contributed by atoms with E-state index in [1.54, 1.807) is 10.8 Å². The van der Waals surface area contributed by atoms with Crippen molar-refractivity contribution in [2.24, 2.45) is 0 Å². The fraction of sp³-hybridized carbons (Fsp3) is 0.455. The van der Waals surface area contributed by atoms with Crippen LogP contribution in [0.2, 0.25) is 0 Å². The number of nitrogens with zero attached hydrogens (tertiary/aromatic N) is 3. The number of hydrogen-bond acceptors (Lipinski definition) is 3. The van der Waals surface area contributed by atoms with E-state index in [9.17, 15) is 4.79 Å². The van der Waals surface area contributed by atoms with Crippen LogP contribution in [0.3, 0.4) is 0 Å². The maximum Gasteiger partial charge on any atom is 0.353 e. The molecule has 1 unspecified atom stereocenters. The molecule has 0 bridgehead atoms. The molecule has 2 aromatic heterocycles. The Hall–Kier alpha value is -2.40. The van der Waals surface area contributed by atoms with Crippen LogP contribution in [-0.2, 0) is 0 Å². The highest BCUT2D eigenvalue weighted by Crippen LogP contribution is 2.36. The Bertz CT molecular complexity index is 1030. The second kappa shape index (κ2) is 6.34. The quantitative estimate of drug-likeness (QED) is 0.616. The van der Waals surface area contributed by atoms with Gasteiger partial charge in [-0.2, -0.15) is 9.61 Å². The van der Waals surface area contributed by atoms with Crippen molar-refractivity contribution in [3.8, 4) is 11.3 Å². The van der Waals surface area contributed by atoms with Crippen LogP contribution in [0.15, 0.2) is 28.9 Å². The van der Waals surface area contributed by atoms with E-state index in [4.69, 9.17) is 4.42 Å². The molecule has 1 atom stereocenters. The molecule has 0 aliphatic heterocycles. The number of amides is 1. The zero-order valence-electron chi connectivity index (χ0n) is 16.9. The molecule has 3 aromatic rings. The number of quaternary nitrogens is 1. The molecule has 0 spiro atoms. The summed E-state index contributed by atoms with van der Waals surface area (Å²) >= 11 is 0. The largest absolute Gasteiger partial charge is 0.443 e. The standard InChI is InChI=1S/C22H28N3O2/c1-6-11-25(5,17-8-9-17)22(26)20-16(4)23-24-19(13-27-21(20)24)18-10-7-14(2)12-15(18)3/h7,10,12-13,17H,6,8-9,11H2,1-5H3/q+1. The van der Waals surface area contributed by atoms with Crippen molar-refractivity contribution in [3.63, 3.8) is 0 Å². The van der Waals surface area contributed by atoms with Crippen molar-refractivity contribution in [2.75, 3.05) is 13.6 Å². The maximum atomic E-state index is 13.6. The van der Waals surface area contributed by atoms with Crippen molar-refractivity contribution < 1.29 is 13.7 Å². The van der Waals surface area contributed by atoms with E-state index in [2.05, 4.69) is 51.1 Å². The third-order valence-corrected chi connectivity index (χ3v) is 5.91. The van der Waals surface area contributed by atoms with E-state index in [1.807, 2.05) is 6.92 Å². The number of rotatable bonds is 5. The van der Waals surface area contributed by atoms with Gasteiger partial charge >= 0.3 is 5.91 Å². The highest BCUT2D eigenvalue weighted by Gasteiger charge is 2.48. The van der Waals surface area contributed by atoms with Crippen LogP contribution in [-0.4, -0.2) is 39.6 Å². The summed E-state index contributed by atoms with van der Waals surface area (Å²) in [5.41, 5.74) is 6.30. The van der Waals surface area contributed by atoms with Gasteiger partial charge in [-0.25, -0.2) is 4.79 Å². The van der Waals surface area contributed by atoms with Gasteiger partial charge < -0.3 is 4.42 Å². The predicted octanol–water partition coefficient (Wildman–Crippen LogP) is 4.68. The summed E-state index contributed by atoms with van der Waals surface area (Å²) < 4.78 is 8.16. The average Bonchev–Trinajstić information content (AvgIpc) is 3.33. The van der Waals surface area contributed by atoms with Gasteiger partial charge in [0.05, 0.1) is 25.3 Å². The van der Waals surface area contributed by atoms with E-state index in [-0.39, 0.29) is 5.91 Å². The third kappa shape index (κ3) is 2.81. The molecule has 1 aliphatic carbocycles. The first-order valence-electron chi connectivity index (χ1n) is 9.81. The van der Waals surface area contributed by atoms with Crippen LogP contribution in [0, 0.1) is 20.8 Å². The predicted molar refractivity (Wildman–Crippen MR) is 106 cm³/mol. The molecule has 1 amide bonds. The van der Waals surface area contributed by atoms with Crippen molar-refractivity contribution in [3.05, 3.63) is 46.8 Å². The van der Waals surface area contributed by atoms with Crippen molar-refractivity contribution in [1.82, 2.24) is 9.61 Å². The summed E-state index contributed by atoms with van der Waals surface area (Å²) in [6.45, 7) is 9.07. The second-order valence-corrected chi connectivity index (χ2v) is 8.14. The summed E-state index contributed by atoms with van der Waals surface area (Å²) in [6.07, 6.45) is 4.95. The Morgan fingerprint density at radius 2 is 2.04 bits per heavy atom. The van der Waals surface area contributed by atoms with Gasteiger partial charge in [-0.3, -0.25) is 4.48 Å². The minimum Gasteiger partial charge on any atom is -0.443 e. The van der Waals surface area contributed by atoms with Crippen LogP contribution >= 0.6 is 0 Å². The SMILES string of the molecule is CCC[N+](C)(C(=O)c1c(C)nn2c(-c3ccc(C)cc3C)coc12)C1CC1. The van der Waals surface area contributed by atoms with Gasteiger partial charge in [0, 0.05) is 18.4 Å². The molecule has 0 N–H and O–H groups in total. The van der Waals surface area contributed by atoms with Crippen molar-refractivity contribution in [1.29, 1.82) is 0 Å². The molecular formula is C22H28N3O2+. The third-order valence-electron chi connectivity index (χ3n) is 5.91. The molecule has 27 heavy (non-hydrogen) atoms. The van der Waals surface area contributed by atoms with E-state index < -0.39 is 0 Å². The zero-order valence-corrected chi connectivity index (χ0v) is 16.9. The Kier molecular flexibility index (Phi) is 4.22. The summed E-state index contributed by atoms with van der Waals surface area (Å²) in [5, 5.41) is 4.68. The Labute approximate surface area is 160 Å². The van der Waals surface area contributed by atoms with Crippen LogP contribution in [0.4, 0.5) is 0 Å². The van der Waals surface area contributed by atoms with Gasteiger partial charge in [-0.05, 0) is 32.8 Å². The highest BCUT2D eigenvalue weighted by molar-refractivity contribution is 5.97. The van der Waals surface area contributed by atoms with Gasteiger partial charge in [0.15, 0.2) is 5.56 Å². The van der Waals surface area contributed by atoms with Crippen molar-refractivity contribution in [2.45, 2.75) is 53.0 Å². The first-order valence-corrected chi connectivity index (χ1v) is 9.81. The normalized spacial score (nSPS) is 16.6. The van der Waals surface area contributed by atoms with Crippen LogP contribution in [0.1, 0.15) is 53.4 Å². The molecule has 1 aromatic carbocycles. The first-order chi connectivity index (χ1) is 12.9. The van der Waals surface area contributed by atoms with E-state index in [0.717, 1.165) is 42.8 Å². The molecule has 1 saturated carbocycles. The average molecular weight is 366 g/mol. The lowest BCUT2D eigenvalue weighted by Gasteiger charge is -2.31. The number of fused-ring (bicyclic) bond motifs is 1. The first kappa shape index (κ1) is 18.0. The van der Waals surface area contributed by atoms with Crippen LogP contribution < -0.4 is 0 Å². The van der Waals surface area contributed by atoms with Gasteiger partial charge in [-0.15, -0.1) is 0 Å². The van der Waals surface area contributed by atoms with Gasteiger partial charge in [-0.1, -0.05) is 30.7 Å². The zero-order chi connectivity index (χ0) is 19.3. The molecule has 4 rings (SSSR count). The van der Waals surface area contributed by atoms with Gasteiger partial charge in [0.1, 0.15) is 12.0 Å². The molecule has 0 radical (unpaired) electrons. The Morgan fingerprint density at radius 3 is 2.67 bits per heavy atom. The maximum absolute atomic E-state index is 13.6. The fourth-order valence-corrected chi connectivity index (χ4v) is 4.28. The minimum absolute atomic E-state index is 0.133. The van der Waals surface area contributed by atoms with Crippen LogP contribution in [0.25, 0.3) is 17.0 Å². The molecule has 5 heteroatoms. The molecule has 0 saturated heterocycles. The number of hydrogen-bond donors (Lipinski definition) is 0. The van der Waals surface area contributed by atoms with Gasteiger partial charge in [0.25, 0.3) is 0 Å². The number of aromatic nitrogens is 2. The summed E-state index contributed by atoms with van der Waals surface area (Å²) in [6, 6.07) is 6.76. The lowest BCUT2D eigenvalue weighted by molar-refractivity contribution is -0.840. The molecule has 142 valence electrons. The Morgan fingerprint density at radius 1 is 1.30 bits per heavy atom. The summed E-state index contributed by atoms with van der Waals surface area (Å²) in [5.74, 6) is 0.133. The van der Waals surface area contributed by atoms with E-state index in [1.165, 1.54) is 11.1 Å². The Balaban J connectivity index is 1.83. The molecular weight excluding hydrogens is 338 g/mol.